The molecule has 2 unspecified atom stereocenters. The Balaban J connectivity index is 1.73. The Morgan fingerprint density at radius 1 is 1.00 bits per heavy atom. The molecule has 3 rings (SSSR count). The summed E-state index contributed by atoms with van der Waals surface area (Å²) < 4.78 is 61.5. The summed E-state index contributed by atoms with van der Waals surface area (Å²) in [5.74, 6) is -0.294. The van der Waals surface area contributed by atoms with E-state index in [4.69, 9.17) is 0 Å². The van der Waals surface area contributed by atoms with Crippen LogP contribution in [0.25, 0.3) is 0 Å². The van der Waals surface area contributed by atoms with Gasteiger partial charge in [0.05, 0.1) is 0 Å². The largest absolute Gasteiger partial charge is 0.516 e. The molecule has 1 amide bonds. The predicted molar refractivity (Wildman–Crippen MR) is 99.3 cm³/mol. The summed E-state index contributed by atoms with van der Waals surface area (Å²) in [6.07, 6.45) is 2.68. The first-order valence-electron chi connectivity index (χ1n) is 8.72. The van der Waals surface area contributed by atoms with E-state index in [1.54, 1.807) is 0 Å². The number of nitrogens with one attached hydrogen (secondary N) is 2. The average Bonchev–Trinajstić information content (AvgIpc) is 3.09. The van der Waals surface area contributed by atoms with Crippen molar-refractivity contribution < 1.29 is 26.4 Å². The van der Waals surface area contributed by atoms with Gasteiger partial charge < -0.3 is 5.32 Å². The fraction of sp³-hybridized carbons (Fsp3) is 0.316. The van der Waals surface area contributed by atoms with Gasteiger partial charge in [0.1, 0.15) is 0 Å². The number of benzene rings is 2. The van der Waals surface area contributed by atoms with Crippen molar-refractivity contribution in [1.82, 2.24) is 5.32 Å². The molecule has 2 aromatic carbocycles. The maximum Gasteiger partial charge on any atom is 0.516 e. The first-order chi connectivity index (χ1) is 13.2. The van der Waals surface area contributed by atoms with Crippen LogP contribution >= 0.6 is 0 Å². The second-order valence-corrected chi connectivity index (χ2v) is 8.33. The van der Waals surface area contributed by atoms with E-state index < -0.39 is 21.4 Å². The zero-order valence-corrected chi connectivity index (χ0v) is 15.6. The molecule has 0 saturated heterocycles. The molecule has 0 spiro atoms. The van der Waals surface area contributed by atoms with E-state index in [-0.39, 0.29) is 23.2 Å². The van der Waals surface area contributed by atoms with E-state index in [1.807, 2.05) is 30.3 Å². The first-order valence-corrected chi connectivity index (χ1v) is 10.2. The second-order valence-electron chi connectivity index (χ2n) is 6.66. The lowest BCUT2D eigenvalue weighted by atomic mass is 9.94. The maximum atomic E-state index is 12.6. The summed E-state index contributed by atoms with van der Waals surface area (Å²) in [6, 6.07) is 14.7. The van der Waals surface area contributed by atoms with Gasteiger partial charge >= 0.3 is 15.5 Å². The van der Waals surface area contributed by atoms with Gasteiger partial charge in [-0.1, -0.05) is 42.8 Å². The van der Waals surface area contributed by atoms with Crippen LogP contribution in [-0.2, 0) is 10.0 Å². The molecular formula is C19H19F3N2O3S. The molecule has 0 bridgehead atoms. The van der Waals surface area contributed by atoms with Crippen molar-refractivity contribution in [2.24, 2.45) is 0 Å². The highest BCUT2D eigenvalue weighted by Gasteiger charge is 2.46. The molecule has 28 heavy (non-hydrogen) atoms. The zero-order chi connectivity index (χ0) is 20.4. The van der Waals surface area contributed by atoms with E-state index in [0.717, 1.165) is 37.0 Å². The van der Waals surface area contributed by atoms with Gasteiger partial charge in [-0.15, -0.1) is 0 Å². The monoisotopic (exact) mass is 412 g/mol. The van der Waals surface area contributed by atoms with Gasteiger partial charge in [0.2, 0.25) is 0 Å². The highest BCUT2D eigenvalue weighted by atomic mass is 32.2. The van der Waals surface area contributed by atoms with Crippen LogP contribution in [0.15, 0.2) is 54.6 Å². The van der Waals surface area contributed by atoms with E-state index in [1.165, 1.54) is 16.9 Å². The molecule has 0 heterocycles. The van der Waals surface area contributed by atoms with Gasteiger partial charge in [0, 0.05) is 23.2 Å². The summed E-state index contributed by atoms with van der Waals surface area (Å²) in [5, 5.41) is 2.93. The van der Waals surface area contributed by atoms with Crippen molar-refractivity contribution in [1.29, 1.82) is 0 Å². The van der Waals surface area contributed by atoms with Crippen LogP contribution < -0.4 is 10.0 Å². The molecule has 2 N–H and O–H groups in total. The van der Waals surface area contributed by atoms with Gasteiger partial charge in [-0.2, -0.15) is 21.6 Å². The van der Waals surface area contributed by atoms with Crippen LogP contribution in [0, 0.1) is 0 Å². The van der Waals surface area contributed by atoms with E-state index in [0.29, 0.717) is 0 Å². The lowest BCUT2D eigenvalue weighted by Gasteiger charge is -2.21. The number of alkyl halides is 3. The van der Waals surface area contributed by atoms with Crippen LogP contribution in [0.3, 0.4) is 0 Å². The lowest BCUT2D eigenvalue weighted by molar-refractivity contribution is -0.0429. The maximum absolute atomic E-state index is 12.6. The Bertz CT molecular complexity index is 946. The summed E-state index contributed by atoms with van der Waals surface area (Å²) >= 11 is 0. The molecule has 2 atom stereocenters. The third-order valence-corrected chi connectivity index (χ3v) is 5.86. The summed E-state index contributed by atoms with van der Waals surface area (Å²) in [6.45, 7) is 0. The second kappa shape index (κ2) is 7.83. The topological polar surface area (TPSA) is 75.3 Å². The number of carbonyl (C=O) groups is 1. The number of hydrogen-bond acceptors (Lipinski definition) is 3. The van der Waals surface area contributed by atoms with Crippen molar-refractivity contribution >= 4 is 21.6 Å². The van der Waals surface area contributed by atoms with Gasteiger partial charge in [-0.3, -0.25) is 9.52 Å². The van der Waals surface area contributed by atoms with Gasteiger partial charge in [0.15, 0.2) is 0 Å². The van der Waals surface area contributed by atoms with Crippen LogP contribution in [0.1, 0.15) is 41.1 Å². The van der Waals surface area contributed by atoms with Gasteiger partial charge in [0.25, 0.3) is 5.91 Å². The highest BCUT2D eigenvalue weighted by molar-refractivity contribution is 7.93. The Labute approximate surface area is 161 Å². The third-order valence-electron chi connectivity index (χ3n) is 4.74. The number of halogens is 3. The molecule has 1 fully saturated rings. The van der Waals surface area contributed by atoms with Gasteiger partial charge in [-0.05, 0) is 36.6 Å². The SMILES string of the molecule is O=C(NC1CCCC1c1ccccc1)c1cccc(NS(=O)(=O)C(F)(F)F)c1. The summed E-state index contributed by atoms with van der Waals surface area (Å²) in [7, 11) is -5.54. The minimum Gasteiger partial charge on any atom is -0.349 e. The van der Waals surface area contributed by atoms with Crippen LogP contribution in [-0.4, -0.2) is 25.9 Å². The zero-order valence-electron chi connectivity index (χ0n) is 14.7. The number of carbonyl (C=O) groups excluding carboxylic acids is 1. The third kappa shape index (κ3) is 4.46. The Hall–Kier alpha value is -2.55. The molecule has 9 heteroatoms. The predicted octanol–water partition coefficient (Wildman–Crippen LogP) is 4.01. The molecule has 5 nitrogen and oxygen atoms in total. The van der Waals surface area contributed by atoms with E-state index >= 15 is 0 Å². The minimum absolute atomic E-state index is 0.0843. The van der Waals surface area contributed by atoms with E-state index in [2.05, 4.69) is 5.32 Å². The average molecular weight is 412 g/mol. The number of sulfonamides is 1. The van der Waals surface area contributed by atoms with Crippen LogP contribution in [0.2, 0.25) is 0 Å². The van der Waals surface area contributed by atoms with Crippen molar-refractivity contribution in [2.75, 3.05) is 4.72 Å². The molecule has 150 valence electrons. The molecule has 1 saturated carbocycles. The number of amides is 1. The molecule has 0 radical (unpaired) electrons. The Morgan fingerprint density at radius 3 is 2.39 bits per heavy atom. The van der Waals surface area contributed by atoms with E-state index in [9.17, 15) is 26.4 Å². The van der Waals surface area contributed by atoms with Crippen LogP contribution in [0.4, 0.5) is 18.9 Å². The fourth-order valence-electron chi connectivity index (χ4n) is 3.42. The molecule has 1 aliphatic rings. The number of hydrogen-bond donors (Lipinski definition) is 2. The quantitative estimate of drug-likeness (QED) is 0.779. The number of anilines is 1. The van der Waals surface area contributed by atoms with Crippen molar-refractivity contribution in [2.45, 2.75) is 36.7 Å². The molecule has 2 aromatic rings. The Kier molecular flexibility index (Phi) is 5.64. The lowest BCUT2D eigenvalue weighted by Crippen LogP contribution is -2.36. The van der Waals surface area contributed by atoms with Crippen molar-refractivity contribution in [3.63, 3.8) is 0 Å². The minimum atomic E-state index is -5.54. The molecule has 0 aromatic heterocycles. The van der Waals surface area contributed by atoms with Gasteiger partial charge in [-0.25, -0.2) is 0 Å². The first kappa shape index (κ1) is 20.2. The van der Waals surface area contributed by atoms with Crippen molar-refractivity contribution in [3.05, 3.63) is 65.7 Å². The standard InChI is InChI=1S/C19H19F3N2O3S/c20-19(21,22)28(26,27)24-15-9-4-8-14(12-15)18(25)23-17-11-5-10-16(17)13-6-2-1-3-7-13/h1-4,6-9,12,16-17,24H,5,10-11H2,(H,23,25). The molecule has 0 aliphatic heterocycles. The summed E-state index contributed by atoms with van der Waals surface area (Å²) in [4.78, 5) is 12.6. The Morgan fingerprint density at radius 2 is 1.71 bits per heavy atom. The smallest absolute Gasteiger partial charge is 0.349 e. The highest BCUT2D eigenvalue weighted by Crippen LogP contribution is 2.34. The van der Waals surface area contributed by atoms with Crippen molar-refractivity contribution in [3.8, 4) is 0 Å². The fourth-order valence-corrected chi connectivity index (χ4v) is 3.97. The molecular weight excluding hydrogens is 393 g/mol. The molecule has 1 aliphatic carbocycles. The number of rotatable bonds is 5. The normalized spacial score (nSPS) is 20.0. The van der Waals surface area contributed by atoms with Crippen LogP contribution in [0.5, 0.6) is 0 Å². The summed E-state index contributed by atoms with van der Waals surface area (Å²) in [5.41, 5.74) is -4.55.